The van der Waals surface area contributed by atoms with Gasteiger partial charge in [0.1, 0.15) is 0 Å². The van der Waals surface area contributed by atoms with E-state index in [0.717, 1.165) is 23.7 Å². The van der Waals surface area contributed by atoms with Crippen LogP contribution in [0, 0.1) is 0 Å². The molecule has 1 amide bonds. The van der Waals surface area contributed by atoms with Gasteiger partial charge in [-0.1, -0.05) is 54.9 Å². The molecule has 4 nitrogen and oxygen atoms in total. The number of carbonyl (C=O) groups is 1. The van der Waals surface area contributed by atoms with E-state index in [1.165, 1.54) is 31.2 Å². The summed E-state index contributed by atoms with van der Waals surface area (Å²) in [4.78, 5) is 16.8. The average Bonchev–Trinajstić information content (AvgIpc) is 3.15. The molecule has 0 unspecified atom stereocenters. The highest BCUT2D eigenvalue weighted by molar-refractivity contribution is 7.99. The fraction of sp³-hybridized carbons (Fsp3) is 0.474. The van der Waals surface area contributed by atoms with Gasteiger partial charge in [-0.25, -0.2) is 4.98 Å². The largest absolute Gasteiger partial charge is 0.353 e. The van der Waals surface area contributed by atoms with Crippen LogP contribution in [0.3, 0.4) is 0 Å². The van der Waals surface area contributed by atoms with Crippen LogP contribution in [0.1, 0.15) is 44.6 Å². The van der Waals surface area contributed by atoms with Gasteiger partial charge in [-0.15, -0.1) is 0 Å². The van der Waals surface area contributed by atoms with Crippen molar-refractivity contribution in [2.24, 2.45) is 0 Å². The number of thioether (sulfide) groups is 1. The number of carbonyl (C=O) groups excluding carboxylic acids is 1. The zero-order valence-electron chi connectivity index (χ0n) is 13.8. The Bertz CT molecular complexity index is 703. The van der Waals surface area contributed by atoms with Crippen molar-refractivity contribution < 1.29 is 4.79 Å². The number of imidazole rings is 1. The molecule has 0 saturated heterocycles. The number of benzene rings is 1. The van der Waals surface area contributed by atoms with Gasteiger partial charge >= 0.3 is 0 Å². The summed E-state index contributed by atoms with van der Waals surface area (Å²) in [6, 6.07) is 11.3. The van der Waals surface area contributed by atoms with E-state index >= 15 is 0 Å². The van der Waals surface area contributed by atoms with Crippen molar-refractivity contribution in [2.75, 3.05) is 5.75 Å². The van der Waals surface area contributed by atoms with E-state index in [-0.39, 0.29) is 5.91 Å². The Kier molecular flexibility index (Phi) is 4.60. The molecule has 2 aliphatic rings. The molecule has 2 fully saturated rings. The predicted molar refractivity (Wildman–Crippen MR) is 97.1 cm³/mol. The molecule has 0 spiro atoms. The molecule has 4 rings (SSSR count). The Morgan fingerprint density at radius 3 is 2.62 bits per heavy atom. The molecule has 126 valence electrons. The van der Waals surface area contributed by atoms with E-state index < -0.39 is 0 Å². The highest BCUT2D eigenvalue weighted by atomic mass is 32.2. The van der Waals surface area contributed by atoms with Crippen LogP contribution >= 0.6 is 11.8 Å². The maximum Gasteiger partial charge on any atom is 0.230 e. The molecule has 1 aromatic heterocycles. The minimum Gasteiger partial charge on any atom is -0.353 e. The standard InChI is InChI=1S/C19H23N3OS/c23-18(21-15-8-4-5-9-15)13-24-19-20-12-17(22(19)16-10-11-16)14-6-2-1-3-7-14/h1-3,6-7,12,15-16H,4-5,8-11,13H2,(H,21,23). The van der Waals surface area contributed by atoms with E-state index in [1.54, 1.807) is 11.8 Å². The average molecular weight is 341 g/mol. The summed E-state index contributed by atoms with van der Waals surface area (Å²) in [5.74, 6) is 0.590. The van der Waals surface area contributed by atoms with Crippen LogP contribution in [-0.2, 0) is 4.79 Å². The summed E-state index contributed by atoms with van der Waals surface area (Å²) in [5, 5.41) is 4.13. The Balaban J connectivity index is 1.45. The summed E-state index contributed by atoms with van der Waals surface area (Å²) in [6.07, 6.45) is 9.10. The number of amides is 1. The number of rotatable bonds is 6. The number of nitrogens with one attached hydrogen (secondary N) is 1. The lowest BCUT2D eigenvalue weighted by Gasteiger charge is -2.13. The molecule has 1 N–H and O–H groups in total. The van der Waals surface area contributed by atoms with Gasteiger partial charge in [-0.2, -0.15) is 0 Å². The molecule has 2 aliphatic carbocycles. The second-order valence-electron chi connectivity index (χ2n) is 6.73. The smallest absolute Gasteiger partial charge is 0.230 e. The highest BCUT2D eigenvalue weighted by Gasteiger charge is 2.29. The quantitative estimate of drug-likeness (QED) is 0.807. The molecule has 1 heterocycles. The van der Waals surface area contributed by atoms with Gasteiger partial charge in [-0.05, 0) is 31.2 Å². The second kappa shape index (κ2) is 7.01. The van der Waals surface area contributed by atoms with Crippen LogP contribution in [0.25, 0.3) is 11.3 Å². The predicted octanol–water partition coefficient (Wildman–Crippen LogP) is 4.04. The Morgan fingerprint density at radius 2 is 1.92 bits per heavy atom. The van der Waals surface area contributed by atoms with Crippen LogP contribution in [0.5, 0.6) is 0 Å². The van der Waals surface area contributed by atoms with Crippen molar-refractivity contribution in [1.82, 2.24) is 14.9 Å². The minimum atomic E-state index is 0.138. The van der Waals surface area contributed by atoms with Gasteiger partial charge in [0, 0.05) is 12.1 Å². The number of aromatic nitrogens is 2. The van der Waals surface area contributed by atoms with Crippen LogP contribution < -0.4 is 5.32 Å². The van der Waals surface area contributed by atoms with Gasteiger partial charge in [-0.3, -0.25) is 4.79 Å². The molecule has 0 aliphatic heterocycles. The Hall–Kier alpha value is -1.75. The van der Waals surface area contributed by atoms with Crippen molar-refractivity contribution in [3.63, 3.8) is 0 Å². The zero-order chi connectivity index (χ0) is 16.4. The third-order valence-corrected chi connectivity index (χ3v) is 5.76. The summed E-state index contributed by atoms with van der Waals surface area (Å²) in [6.45, 7) is 0. The Morgan fingerprint density at radius 1 is 1.17 bits per heavy atom. The van der Waals surface area contributed by atoms with Crippen LogP contribution in [0.2, 0.25) is 0 Å². The minimum absolute atomic E-state index is 0.138. The maximum atomic E-state index is 12.2. The van der Waals surface area contributed by atoms with Crippen molar-refractivity contribution in [1.29, 1.82) is 0 Å². The van der Waals surface area contributed by atoms with E-state index in [1.807, 2.05) is 12.3 Å². The highest BCUT2D eigenvalue weighted by Crippen LogP contribution is 2.41. The summed E-state index contributed by atoms with van der Waals surface area (Å²) >= 11 is 1.56. The lowest BCUT2D eigenvalue weighted by Crippen LogP contribution is -2.33. The molecular weight excluding hydrogens is 318 g/mol. The normalized spacial score (nSPS) is 18.0. The summed E-state index contributed by atoms with van der Waals surface area (Å²) < 4.78 is 2.32. The maximum absolute atomic E-state index is 12.2. The number of nitrogens with zero attached hydrogens (tertiary/aromatic N) is 2. The third kappa shape index (κ3) is 3.51. The molecule has 0 atom stereocenters. The molecular formula is C19H23N3OS. The first-order chi connectivity index (χ1) is 11.8. The molecule has 2 saturated carbocycles. The Labute approximate surface area is 147 Å². The fourth-order valence-electron chi connectivity index (χ4n) is 3.43. The monoisotopic (exact) mass is 341 g/mol. The summed E-state index contributed by atoms with van der Waals surface area (Å²) in [5.41, 5.74) is 2.36. The van der Waals surface area contributed by atoms with Crippen LogP contribution in [-0.4, -0.2) is 27.3 Å². The van der Waals surface area contributed by atoms with Crippen LogP contribution in [0.4, 0.5) is 0 Å². The van der Waals surface area contributed by atoms with Gasteiger partial charge in [0.25, 0.3) is 0 Å². The van der Waals surface area contributed by atoms with Crippen LogP contribution in [0.15, 0.2) is 41.7 Å². The van der Waals surface area contributed by atoms with Crippen molar-refractivity contribution >= 4 is 17.7 Å². The second-order valence-corrected chi connectivity index (χ2v) is 7.67. The number of hydrogen-bond acceptors (Lipinski definition) is 3. The van der Waals surface area contributed by atoms with E-state index in [9.17, 15) is 4.79 Å². The third-order valence-electron chi connectivity index (χ3n) is 4.80. The van der Waals surface area contributed by atoms with E-state index in [0.29, 0.717) is 17.8 Å². The van der Waals surface area contributed by atoms with E-state index in [2.05, 4.69) is 39.1 Å². The van der Waals surface area contributed by atoms with Crippen molar-refractivity contribution in [3.8, 4) is 11.3 Å². The van der Waals surface area contributed by atoms with Crippen molar-refractivity contribution in [2.45, 2.75) is 55.8 Å². The lowest BCUT2D eigenvalue weighted by molar-refractivity contribution is -0.119. The van der Waals surface area contributed by atoms with Gasteiger partial charge in [0.2, 0.25) is 5.91 Å². The first kappa shape index (κ1) is 15.8. The SMILES string of the molecule is O=C(CSc1ncc(-c2ccccc2)n1C1CC1)NC1CCCC1. The fourth-order valence-corrected chi connectivity index (χ4v) is 4.29. The first-order valence-corrected chi connectivity index (χ1v) is 9.84. The van der Waals surface area contributed by atoms with Gasteiger partial charge < -0.3 is 9.88 Å². The lowest BCUT2D eigenvalue weighted by atomic mass is 10.2. The first-order valence-electron chi connectivity index (χ1n) is 8.86. The van der Waals surface area contributed by atoms with E-state index in [4.69, 9.17) is 0 Å². The number of hydrogen-bond donors (Lipinski definition) is 1. The molecule has 1 aromatic carbocycles. The molecule has 24 heavy (non-hydrogen) atoms. The van der Waals surface area contributed by atoms with Gasteiger partial charge in [0.05, 0.1) is 17.6 Å². The molecule has 5 heteroatoms. The molecule has 2 aromatic rings. The topological polar surface area (TPSA) is 46.9 Å². The van der Waals surface area contributed by atoms with Gasteiger partial charge in [0.15, 0.2) is 5.16 Å². The zero-order valence-corrected chi connectivity index (χ0v) is 14.6. The molecule has 0 bridgehead atoms. The molecule has 0 radical (unpaired) electrons. The van der Waals surface area contributed by atoms with Crippen molar-refractivity contribution in [3.05, 3.63) is 36.5 Å². The summed E-state index contributed by atoms with van der Waals surface area (Å²) in [7, 11) is 0.